The SMILES string of the molecule is Oc1ccc(Oc2ccc(O)cc2Oc2ccc(O)cc2)cc1. The summed E-state index contributed by atoms with van der Waals surface area (Å²) in [5, 5.41) is 28.2. The minimum atomic E-state index is 0.0387. The molecule has 3 N–H and O–H groups in total. The third kappa shape index (κ3) is 3.65. The van der Waals surface area contributed by atoms with Crippen molar-refractivity contribution in [1.82, 2.24) is 0 Å². The summed E-state index contributed by atoms with van der Waals surface area (Å²) >= 11 is 0. The molecule has 0 amide bonds. The number of rotatable bonds is 4. The molecule has 3 rings (SSSR count). The van der Waals surface area contributed by atoms with Gasteiger partial charge >= 0.3 is 0 Å². The average molecular weight is 310 g/mol. The third-order valence-corrected chi connectivity index (χ3v) is 3.06. The lowest BCUT2D eigenvalue weighted by atomic mass is 10.2. The standard InChI is InChI=1S/C18H14O5/c19-12-1-6-15(7-2-12)22-17-10-5-14(21)11-18(17)23-16-8-3-13(20)4-9-16/h1-11,19-21H. The van der Waals surface area contributed by atoms with Gasteiger partial charge in [-0.3, -0.25) is 0 Å². The van der Waals surface area contributed by atoms with Crippen molar-refractivity contribution in [3.05, 3.63) is 66.7 Å². The molecule has 0 saturated heterocycles. The fourth-order valence-corrected chi connectivity index (χ4v) is 1.94. The van der Waals surface area contributed by atoms with Gasteiger partial charge in [0.25, 0.3) is 0 Å². The second-order valence-electron chi connectivity index (χ2n) is 4.82. The second kappa shape index (κ2) is 6.19. The zero-order valence-corrected chi connectivity index (χ0v) is 12.0. The number of benzene rings is 3. The van der Waals surface area contributed by atoms with Crippen LogP contribution in [-0.2, 0) is 0 Å². The lowest BCUT2D eigenvalue weighted by Crippen LogP contribution is -1.90. The van der Waals surface area contributed by atoms with Crippen molar-refractivity contribution in [2.45, 2.75) is 0 Å². The highest BCUT2D eigenvalue weighted by Gasteiger charge is 2.09. The third-order valence-electron chi connectivity index (χ3n) is 3.06. The first kappa shape index (κ1) is 14.6. The van der Waals surface area contributed by atoms with Gasteiger partial charge < -0.3 is 24.8 Å². The van der Waals surface area contributed by atoms with Crippen LogP contribution in [0.1, 0.15) is 0 Å². The Bertz CT molecular complexity index is 795. The number of hydrogen-bond donors (Lipinski definition) is 3. The van der Waals surface area contributed by atoms with Crippen LogP contribution in [0.3, 0.4) is 0 Å². The van der Waals surface area contributed by atoms with E-state index in [9.17, 15) is 15.3 Å². The molecule has 0 heterocycles. The van der Waals surface area contributed by atoms with E-state index in [1.807, 2.05) is 0 Å². The van der Waals surface area contributed by atoms with E-state index >= 15 is 0 Å². The van der Waals surface area contributed by atoms with Gasteiger partial charge in [-0.2, -0.15) is 0 Å². The van der Waals surface area contributed by atoms with Crippen molar-refractivity contribution in [3.8, 4) is 40.2 Å². The average Bonchev–Trinajstić information content (AvgIpc) is 2.54. The highest BCUT2D eigenvalue weighted by Crippen LogP contribution is 2.37. The first-order valence-corrected chi connectivity index (χ1v) is 6.87. The van der Waals surface area contributed by atoms with Crippen molar-refractivity contribution in [2.24, 2.45) is 0 Å². The second-order valence-corrected chi connectivity index (χ2v) is 4.82. The topological polar surface area (TPSA) is 79.2 Å². The van der Waals surface area contributed by atoms with Crippen LogP contribution in [0.15, 0.2) is 66.7 Å². The first-order valence-electron chi connectivity index (χ1n) is 6.87. The highest BCUT2D eigenvalue weighted by molar-refractivity contribution is 5.49. The van der Waals surface area contributed by atoms with E-state index in [1.165, 1.54) is 36.4 Å². The monoisotopic (exact) mass is 310 g/mol. The first-order chi connectivity index (χ1) is 11.1. The molecule has 116 valence electrons. The van der Waals surface area contributed by atoms with Gasteiger partial charge in [-0.15, -0.1) is 0 Å². The van der Waals surface area contributed by atoms with E-state index in [4.69, 9.17) is 9.47 Å². The predicted molar refractivity (Wildman–Crippen MR) is 84.5 cm³/mol. The molecular weight excluding hydrogens is 296 g/mol. The van der Waals surface area contributed by atoms with Crippen molar-refractivity contribution in [2.75, 3.05) is 0 Å². The van der Waals surface area contributed by atoms with Crippen LogP contribution in [-0.4, -0.2) is 15.3 Å². The molecule has 23 heavy (non-hydrogen) atoms. The molecule has 0 unspecified atom stereocenters. The molecule has 0 atom stereocenters. The van der Waals surface area contributed by atoms with Gasteiger partial charge in [0.15, 0.2) is 11.5 Å². The molecule has 0 saturated carbocycles. The minimum absolute atomic E-state index is 0.0387. The van der Waals surface area contributed by atoms with Crippen LogP contribution < -0.4 is 9.47 Å². The number of phenols is 3. The van der Waals surface area contributed by atoms with Gasteiger partial charge in [-0.25, -0.2) is 0 Å². The van der Waals surface area contributed by atoms with Gasteiger partial charge in [0.05, 0.1) is 0 Å². The van der Waals surface area contributed by atoms with Gasteiger partial charge in [-0.05, 0) is 60.7 Å². The molecule has 0 aliphatic heterocycles. The molecule has 5 nitrogen and oxygen atoms in total. The van der Waals surface area contributed by atoms with Crippen molar-refractivity contribution in [3.63, 3.8) is 0 Å². The Morgan fingerprint density at radius 3 is 1.43 bits per heavy atom. The Labute approximate surface area is 132 Å². The quantitative estimate of drug-likeness (QED) is 0.666. The number of phenolic OH excluding ortho intramolecular Hbond substituents is 3. The maximum atomic E-state index is 9.65. The van der Waals surface area contributed by atoms with E-state index in [0.717, 1.165) is 0 Å². The summed E-state index contributed by atoms with van der Waals surface area (Å²) in [6.45, 7) is 0. The summed E-state index contributed by atoms with van der Waals surface area (Å²) in [4.78, 5) is 0. The summed E-state index contributed by atoms with van der Waals surface area (Å²) in [6.07, 6.45) is 0. The summed E-state index contributed by atoms with van der Waals surface area (Å²) in [6, 6.07) is 17.0. The van der Waals surface area contributed by atoms with Gasteiger partial charge in [0, 0.05) is 6.07 Å². The van der Waals surface area contributed by atoms with Gasteiger partial charge in [0.1, 0.15) is 28.7 Å². The smallest absolute Gasteiger partial charge is 0.173 e. The molecule has 0 radical (unpaired) electrons. The zero-order chi connectivity index (χ0) is 16.2. The van der Waals surface area contributed by atoms with E-state index in [-0.39, 0.29) is 17.2 Å². The molecule has 0 aliphatic carbocycles. The maximum absolute atomic E-state index is 9.65. The summed E-state index contributed by atoms with van der Waals surface area (Å²) in [5.41, 5.74) is 0. The van der Waals surface area contributed by atoms with Crippen molar-refractivity contribution < 1.29 is 24.8 Å². The predicted octanol–water partition coefficient (Wildman–Crippen LogP) is 4.39. The molecule has 0 spiro atoms. The van der Waals surface area contributed by atoms with E-state index < -0.39 is 0 Å². The minimum Gasteiger partial charge on any atom is -0.508 e. The molecular formula is C18H14O5. The lowest BCUT2D eigenvalue weighted by Gasteiger charge is -2.13. The highest BCUT2D eigenvalue weighted by atomic mass is 16.5. The Morgan fingerprint density at radius 1 is 0.478 bits per heavy atom. The van der Waals surface area contributed by atoms with E-state index in [1.54, 1.807) is 30.3 Å². The number of aromatic hydroxyl groups is 3. The fourth-order valence-electron chi connectivity index (χ4n) is 1.94. The Hall–Kier alpha value is -3.34. The van der Waals surface area contributed by atoms with E-state index in [0.29, 0.717) is 23.0 Å². The summed E-state index contributed by atoms with van der Waals surface area (Å²) < 4.78 is 11.4. The number of hydrogen-bond acceptors (Lipinski definition) is 5. The van der Waals surface area contributed by atoms with Crippen LogP contribution in [0.5, 0.6) is 40.2 Å². The van der Waals surface area contributed by atoms with Crippen molar-refractivity contribution >= 4 is 0 Å². The van der Waals surface area contributed by atoms with Crippen LogP contribution in [0, 0.1) is 0 Å². The van der Waals surface area contributed by atoms with Crippen LogP contribution in [0.2, 0.25) is 0 Å². The molecule has 3 aromatic carbocycles. The van der Waals surface area contributed by atoms with Gasteiger partial charge in [0.2, 0.25) is 0 Å². The van der Waals surface area contributed by atoms with E-state index in [2.05, 4.69) is 0 Å². The molecule has 5 heteroatoms. The lowest BCUT2D eigenvalue weighted by molar-refractivity contribution is 0.408. The Kier molecular flexibility index (Phi) is 3.93. The summed E-state index contributed by atoms with van der Waals surface area (Å²) in [7, 11) is 0. The normalized spacial score (nSPS) is 10.3. The fraction of sp³-hybridized carbons (Fsp3) is 0. The molecule has 0 fully saturated rings. The van der Waals surface area contributed by atoms with Crippen LogP contribution in [0.25, 0.3) is 0 Å². The van der Waals surface area contributed by atoms with Crippen LogP contribution >= 0.6 is 0 Å². The Morgan fingerprint density at radius 2 is 0.913 bits per heavy atom. The molecule has 0 bridgehead atoms. The largest absolute Gasteiger partial charge is 0.508 e. The summed E-state index contributed by atoms with van der Waals surface area (Å²) in [5.74, 6) is 2.05. The Balaban J connectivity index is 1.88. The molecule has 0 aliphatic rings. The maximum Gasteiger partial charge on any atom is 0.173 e. The van der Waals surface area contributed by atoms with Gasteiger partial charge in [-0.1, -0.05) is 0 Å². The number of ether oxygens (including phenoxy) is 2. The van der Waals surface area contributed by atoms with Crippen LogP contribution in [0.4, 0.5) is 0 Å². The zero-order valence-electron chi connectivity index (χ0n) is 12.0. The van der Waals surface area contributed by atoms with Crippen molar-refractivity contribution in [1.29, 1.82) is 0 Å². The molecule has 0 aromatic heterocycles. The molecule has 3 aromatic rings.